The fourth-order valence-electron chi connectivity index (χ4n) is 1.46. The fraction of sp³-hybridized carbons (Fsp3) is 0.667. The van der Waals surface area contributed by atoms with E-state index < -0.39 is 28.1 Å². The highest BCUT2D eigenvalue weighted by molar-refractivity contribution is 5.06. The maximum Gasteiger partial charge on any atom is 0.599 e. The summed E-state index contributed by atoms with van der Waals surface area (Å²) in [6.45, 7) is 0.658. The molecule has 0 aliphatic carbocycles. The first-order chi connectivity index (χ1) is 7.59. The van der Waals surface area contributed by atoms with E-state index in [2.05, 4.69) is 10.6 Å². The maximum absolute atomic E-state index is 10.5. The van der Waals surface area contributed by atoms with E-state index in [1.165, 1.54) is 0 Å². The van der Waals surface area contributed by atoms with Crippen molar-refractivity contribution < 1.29 is 19.3 Å². The summed E-state index contributed by atoms with van der Waals surface area (Å²) in [6.07, 6.45) is -1.28. The molecular formula is C6H8N4O6. The lowest BCUT2D eigenvalue weighted by molar-refractivity contribution is -0.618. The van der Waals surface area contributed by atoms with Gasteiger partial charge >= 0.3 is 5.82 Å². The molecule has 2 unspecified atom stereocenters. The molecule has 2 saturated heterocycles. The van der Waals surface area contributed by atoms with Crippen molar-refractivity contribution in [3.05, 3.63) is 31.9 Å². The molecule has 2 heterocycles. The van der Waals surface area contributed by atoms with Gasteiger partial charge in [0.2, 0.25) is 0 Å². The number of rotatable bonds is 2. The molecule has 0 radical (unpaired) electrons. The lowest BCUT2D eigenvalue weighted by Crippen LogP contribution is -2.43. The number of nitrogens with zero attached hydrogens (tertiary/aromatic N) is 2. The zero-order chi connectivity index (χ0) is 11.7. The molecule has 0 saturated carbocycles. The number of hydrogen-bond acceptors (Lipinski definition) is 8. The molecule has 0 aromatic rings. The fourth-order valence-corrected chi connectivity index (χ4v) is 1.46. The molecule has 0 spiro atoms. The third-order valence-electron chi connectivity index (χ3n) is 2.10. The van der Waals surface area contributed by atoms with Crippen LogP contribution in [0.1, 0.15) is 0 Å². The number of nitro groups is 2. The van der Waals surface area contributed by atoms with Crippen molar-refractivity contribution in [3.63, 3.8) is 0 Å². The maximum atomic E-state index is 10.5. The van der Waals surface area contributed by atoms with Crippen molar-refractivity contribution in [2.75, 3.05) is 13.2 Å². The van der Waals surface area contributed by atoms with Gasteiger partial charge in [0.15, 0.2) is 12.5 Å². The van der Waals surface area contributed by atoms with Gasteiger partial charge in [-0.2, -0.15) is 0 Å². The van der Waals surface area contributed by atoms with Gasteiger partial charge in [-0.3, -0.25) is 20.2 Å². The average Bonchev–Trinajstić information content (AvgIpc) is 2.58. The Bertz CT molecular complexity index is 336. The Balaban J connectivity index is 2.24. The van der Waals surface area contributed by atoms with Crippen LogP contribution >= 0.6 is 0 Å². The minimum absolute atomic E-state index is 0.299. The van der Waals surface area contributed by atoms with Gasteiger partial charge in [-0.1, -0.05) is 0 Å². The van der Waals surface area contributed by atoms with E-state index in [1.54, 1.807) is 0 Å². The molecule has 10 heteroatoms. The van der Waals surface area contributed by atoms with Crippen LogP contribution in [0.4, 0.5) is 0 Å². The van der Waals surface area contributed by atoms with E-state index >= 15 is 0 Å². The SMILES string of the molecule is O=[N+]([O-])C(=C1NC2OCCOC2N1)[N+](=O)[O-]. The first-order valence-corrected chi connectivity index (χ1v) is 4.39. The molecule has 2 aliphatic heterocycles. The lowest BCUT2D eigenvalue weighted by atomic mass is 10.5. The number of ether oxygens (including phenoxy) is 2. The normalized spacial score (nSPS) is 27.6. The Kier molecular flexibility index (Phi) is 2.58. The van der Waals surface area contributed by atoms with Crippen LogP contribution < -0.4 is 10.6 Å². The second-order valence-electron chi connectivity index (χ2n) is 3.08. The minimum atomic E-state index is -1.15. The van der Waals surface area contributed by atoms with Crippen molar-refractivity contribution in [2.24, 2.45) is 0 Å². The van der Waals surface area contributed by atoms with Gasteiger partial charge in [0, 0.05) is 0 Å². The minimum Gasteiger partial charge on any atom is -0.351 e. The van der Waals surface area contributed by atoms with Crippen LogP contribution in [0, 0.1) is 20.2 Å². The highest BCUT2D eigenvalue weighted by atomic mass is 16.7. The van der Waals surface area contributed by atoms with Crippen molar-refractivity contribution >= 4 is 0 Å². The van der Waals surface area contributed by atoms with E-state index in [-0.39, 0.29) is 5.82 Å². The molecule has 16 heavy (non-hydrogen) atoms. The predicted octanol–water partition coefficient (Wildman–Crippen LogP) is -1.44. The first kappa shape index (κ1) is 10.6. The van der Waals surface area contributed by atoms with Gasteiger partial charge in [0.05, 0.1) is 13.2 Å². The zero-order valence-electron chi connectivity index (χ0n) is 7.91. The molecule has 2 N–H and O–H groups in total. The number of nitrogens with one attached hydrogen (secondary N) is 2. The number of fused-ring (bicyclic) bond motifs is 1. The van der Waals surface area contributed by atoms with Crippen molar-refractivity contribution in [2.45, 2.75) is 12.5 Å². The van der Waals surface area contributed by atoms with E-state index in [1.807, 2.05) is 0 Å². The van der Waals surface area contributed by atoms with Crippen LogP contribution in [-0.4, -0.2) is 35.5 Å². The first-order valence-electron chi connectivity index (χ1n) is 4.39. The van der Waals surface area contributed by atoms with Crippen LogP contribution in [-0.2, 0) is 9.47 Å². The smallest absolute Gasteiger partial charge is 0.351 e. The monoisotopic (exact) mass is 232 g/mol. The van der Waals surface area contributed by atoms with E-state index in [0.29, 0.717) is 13.2 Å². The molecule has 2 fully saturated rings. The van der Waals surface area contributed by atoms with Gasteiger partial charge < -0.3 is 20.1 Å². The van der Waals surface area contributed by atoms with Crippen LogP contribution in [0.25, 0.3) is 0 Å². The standard InChI is InChI=1S/C6H8N4O6/c11-9(12)6(10(13)14)3-7-4-5(8-3)16-2-1-15-4/h4-5,7-8H,1-2H2. The predicted molar refractivity (Wildman–Crippen MR) is 46.8 cm³/mol. The quantitative estimate of drug-likeness (QED) is 0.437. The third-order valence-corrected chi connectivity index (χ3v) is 2.10. The van der Waals surface area contributed by atoms with Gasteiger partial charge in [-0.05, 0) is 0 Å². The highest BCUT2D eigenvalue weighted by Crippen LogP contribution is 2.16. The Morgan fingerprint density at radius 1 is 1.12 bits per heavy atom. The van der Waals surface area contributed by atoms with Gasteiger partial charge in [-0.15, -0.1) is 0 Å². The van der Waals surface area contributed by atoms with E-state index in [0.717, 1.165) is 0 Å². The summed E-state index contributed by atoms with van der Waals surface area (Å²) in [6, 6.07) is 0. The second-order valence-corrected chi connectivity index (χ2v) is 3.08. The topological polar surface area (TPSA) is 129 Å². The Morgan fingerprint density at radius 3 is 1.94 bits per heavy atom. The summed E-state index contributed by atoms with van der Waals surface area (Å²) in [5.41, 5.74) is 0. The Labute approximate surface area is 88.5 Å². The Morgan fingerprint density at radius 2 is 1.56 bits per heavy atom. The van der Waals surface area contributed by atoms with Crippen LogP contribution in [0.3, 0.4) is 0 Å². The summed E-state index contributed by atoms with van der Waals surface area (Å²) in [4.78, 5) is 18.8. The van der Waals surface area contributed by atoms with Gasteiger partial charge in [0.1, 0.15) is 9.85 Å². The number of hydrogen-bond donors (Lipinski definition) is 2. The molecular weight excluding hydrogens is 224 g/mol. The summed E-state index contributed by atoms with van der Waals surface area (Å²) in [7, 11) is 0. The average molecular weight is 232 g/mol. The Hall–Kier alpha value is -1.94. The highest BCUT2D eigenvalue weighted by Gasteiger charge is 2.43. The summed E-state index contributed by atoms with van der Waals surface area (Å²) in [5, 5.41) is 25.9. The van der Waals surface area contributed by atoms with Crippen LogP contribution in [0.2, 0.25) is 0 Å². The lowest BCUT2D eigenvalue weighted by Gasteiger charge is -2.24. The zero-order valence-corrected chi connectivity index (χ0v) is 7.91. The molecule has 0 bridgehead atoms. The molecule has 2 aliphatic rings. The molecule has 0 aromatic heterocycles. The van der Waals surface area contributed by atoms with Crippen molar-refractivity contribution in [1.29, 1.82) is 0 Å². The second kappa shape index (κ2) is 3.90. The van der Waals surface area contributed by atoms with Crippen molar-refractivity contribution in [3.8, 4) is 0 Å². The van der Waals surface area contributed by atoms with Crippen molar-refractivity contribution in [1.82, 2.24) is 10.6 Å². The van der Waals surface area contributed by atoms with Crippen LogP contribution in [0.15, 0.2) is 11.6 Å². The largest absolute Gasteiger partial charge is 0.599 e. The summed E-state index contributed by atoms with van der Waals surface area (Å²) >= 11 is 0. The molecule has 2 atom stereocenters. The van der Waals surface area contributed by atoms with Crippen LogP contribution in [0.5, 0.6) is 0 Å². The van der Waals surface area contributed by atoms with E-state index in [9.17, 15) is 20.2 Å². The van der Waals surface area contributed by atoms with Gasteiger partial charge in [0.25, 0.3) is 5.82 Å². The third kappa shape index (κ3) is 1.75. The molecule has 0 aromatic carbocycles. The molecule has 88 valence electrons. The molecule has 0 amide bonds. The molecule has 2 rings (SSSR count). The molecule has 10 nitrogen and oxygen atoms in total. The summed E-state index contributed by atoms with van der Waals surface area (Å²) < 4.78 is 10.3. The van der Waals surface area contributed by atoms with E-state index in [4.69, 9.17) is 9.47 Å². The summed E-state index contributed by atoms with van der Waals surface area (Å²) in [5.74, 6) is -1.45. The van der Waals surface area contributed by atoms with Gasteiger partial charge in [-0.25, -0.2) is 0 Å².